The molecule has 4 rings (SSSR count). The molecular formula is C23H40O20. The molecule has 0 saturated carbocycles. The van der Waals surface area contributed by atoms with Crippen molar-refractivity contribution in [2.24, 2.45) is 0 Å². The van der Waals surface area contributed by atoms with E-state index in [1.165, 1.54) is 0 Å². The van der Waals surface area contributed by atoms with Gasteiger partial charge in [-0.2, -0.15) is 0 Å². The van der Waals surface area contributed by atoms with Gasteiger partial charge < -0.3 is 99.5 Å². The van der Waals surface area contributed by atoms with Crippen LogP contribution in [0.5, 0.6) is 0 Å². The van der Waals surface area contributed by atoms with Crippen molar-refractivity contribution < 1.29 is 99.5 Å². The summed E-state index contributed by atoms with van der Waals surface area (Å²) in [6.45, 7) is -6.30. The molecule has 0 aromatic heterocycles. The molecule has 4 aliphatic heterocycles. The monoisotopic (exact) mass is 636 g/mol. The van der Waals surface area contributed by atoms with Crippen molar-refractivity contribution >= 4 is 0 Å². The number of hydrogen-bond donors (Lipinski definition) is 13. The second kappa shape index (κ2) is 13.5. The average molecular weight is 637 g/mol. The highest BCUT2D eigenvalue weighted by atomic mass is 16.8. The van der Waals surface area contributed by atoms with Crippen LogP contribution in [0.4, 0.5) is 0 Å². The van der Waals surface area contributed by atoms with E-state index < -0.39 is 143 Å². The Bertz CT molecular complexity index is 916. The van der Waals surface area contributed by atoms with Crippen LogP contribution in [0.2, 0.25) is 0 Å². The summed E-state index contributed by atoms with van der Waals surface area (Å²) in [5.41, 5.74) is 0. The van der Waals surface area contributed by atoms with Gasteiger partial charge >= 0.3 is 0 Å². The Hall–Kier alpha value is -0.800. The Labute approximate surface area is 243 Å². The van der Waals surface area contributed by atoms with Gasteiger partial charge in [-0.3, -0.25) is 0 Å². The van der Waals surface area contributed by atoms with Crippen LogP contribution in [-0.2, 0) is 33.2 Å². The summed E-state index contributed by atoms with van der Waals surface area (Å²) in [6.07, 6.45) is -23.0. The van der Waals surface area contributed by atoms with Gasteiger partial charge in [-0.15, -0.1) is 0 Å². The molecule has 0 radical (unpaired) electrons. The van der Waals surface area contributed by atoms with Gasteiger partial charge in [0, 0.05) is 0 Å². The third-order valence-corrected chi connectivity index (χ3v) is 8.08. The molecule has 20 nitrogen and oxygen atoms in total. The normalized spacial score (nSPS) is 52.3. The summed E-state index contributed by atoms with van der Waals surface area (Å²) in [4.78, 5) is 0. The molecule has 0 aromatic rings. The van der Waals surface area contributed by atoms with Crippen molar-refractivity contribution in [3.63, 3.8) is 0 Å². The Morgan fingerprint density at radius 1 is 0.535 bits per heavy atom. The Morgan fingerprint density at radius 2 is 0.953 bits per heavy atom. The minimum Gasteiger partial charge on any atom is -0.394 e. The van der Waals surface area contributed by atoms with Gasteiger partial charge in [0.1, 0.15) is 93.1 Å². The lowest BCUT2D eigenvalue weighted by Crippen LogP contribution is -2.61. The quantitative estimate of drug-likeness (QED) is 0.0945. The number of ether oxygens (including phenoxy) is 7. The maximum atomic E-state index is 11.0. The molecule has 4 fully saturated rings. The number of rotatable bonds is 12. The predicted molar refractivity (Wildman–Crippen MR) is 128 cm³/mol. The average Bonchev–Trinajstić information content (AvgIpc) is 3.51. The number of hydrogen-bond acceptors (Lipinski definition) is 20. The van der Waals surface area contributed by atoms with Crippen LogP contribution in [0.15, 0.2) is 0 Å². The van der Waals surface area contributed by atoms with Crippen LogP contribution in [0, 0.1) is 0 Å². The zero-order valence-corrected chi connectivity index (χ0v) is 22.6. The fourth-order valence-corrected chi connectivity index (χ4v) is 5.37. The van der Waals surface area contributed by atoms with Gasteiger partial charge in [0.05, 0.1) is 26.4 Å². The summed E-state index contributed by atoms with van der Waals surface area (Å²) in [5, 5.41) is 132. The summed E-state index contributed by atoms with van der Waals surface area (Å²) in [7, 11) is 0. The summed E-state index contributed by atoms with van der Waals surface area (Å²) in [6, 6.07) is 0. The van der Waals surface area contributed by atoms with Crippen molar-refractivity contribution in [1.82, 2.24) is 0 Å². The third-order valence-electron chi connectivity index (χ3n) is 8.08. The molecule has 13 N–H and O–H groups in total. The van der Waals surface area contributed by atoms with E-state index in [-0.39, 0.29) is 0 Å². The van der Waals surface area contributed by atoms with Crippen molar-refractivity contribution in [1.29, 1.82) is 0 Å². The lowest BCUT2D eigenvalue weighted by molar-refractivity contribution is -0.397. The molecule has 20 heteroatoms. The van der Waals surface area contributed by atoms with E-state index in [0.29, 0.717) is 0 Å². The molecule has 0 aromatic carbocycles. The minimum atomic E-state index is -2.57. The zero-order valence-electron chi connectivity index (χ0n) is 22.6. The lowest BCUT2D eigenvalue weighted by Gasteiger charge is -2.43. The Kier molecular flexibility index (Phi) is 11.0. The third kappa shape index (κ3) is 6.18. The first-order chi connectivity index (χ1) is 20.2. The molecule has 4 saturated heterocycles. The van der Waals surface area contributed by atoms with Crippen molar-refractivity contribution in [3.05, 3.63) is 0 Å². The first-order valence-electron chi connectivity index (χ1n) is 13.4. The van der Waals surface area contributed by atoms with E-state index in [0.717, 1.165) is 0 Å². The molecule has 16 atom stereocenters. The van der Waals surface area contributed by atoms with Crippen LogP contribution in [0.3, 0.4) is 0 Å². The van der Waals surface area contributed by atoms with Crippen LogP contribution in [0.1, 0.15) is 0 Å². The molecule has 0 bridgehead atoms. The van der Waals surface area contributed by atoms with E-state index in [1.807, 2.05) is 0 Å². The Morgan fingerprint density at radius 3 is 1.44 bits per heavy atom. The van der Waals surface area contributed by atoms with Crippen LogP contribution < -0.4 is 0 Å². The fourth-order valence-electron chi connectivity index (χ4n) is 5.37. The number of aliphatic hydroxyl groups excluding tert-OH is 13. The molecule has 4 heterocycles. The minimum absolute atomic E-state index is 0.544. The maximum absolute atomic E-state index is 11.0. The van der Waals surface area contributed by atoms with Crippen LogP contribution in [-0.4, -0.2) is 210 Å². The first kappa shape index (κ1) is 35.1. The first-order valence-corrected chi connectivity index (χ1v) is 13.4. The second-order valence-corrected chi connectivity index (χ2v) is 10.9. The molecule has 252 valence electrons. The second-order valence-electron chi connectivity index (χ2n) is 10.9. The Balaban J connectivity index is 1.63. The lowest BCUT2D eigenvalue weighted by atomic mass is 10.0. The highest BCUT2D eigenvalue weighted by Crippen LogP contribution is 2.41. The highest BCUT2D eigenvalue weighted by Gasteiger charge is 2.63. The largest absolute Gasteiger partial charge is 0.394 e. The SMILES string of the molecule is OC[C@H]1OC(CO)(OCC2(OCC3(OC4OC[C@@H](O)[C@H](O)[C@H]4O)O[C@H](CO)[C@@H](O)[C@@H]3O)O[C@H](CO)[C@@H](O)[C@@H]2O)[C@@H](O)[C@@H]1O. The van der Waals surface area contributed by atoms with Crippen molar-refractivity contribution in [2.45, 2.75) is 96.9 Å². The van der Waals surface area contributed by atoms with Gasteiger partial charge in [0.2, 0.25) is 17.4 Å². The number of aliphatic hydroxyl groups is 13. The van der Waals surface area contributed by atoms with E-state index in [1.54, 1.807) is 0 Å². The van der Waals surface area contributed by atoms with Gasteiger partial charge in [0.15, 0.2) is 6.29 Å². The van der Waals surface area contributed by atoms with E-state index in [2.05, 4.69) is 0 Å². The highest BCUT2D eigenvalue weighted by molar-refractivity contribution is 5.03. The van der Waals surface area contributed by atoms with Crippen LogP contribution >= 0.6 is 0 Å². The van der Waals surface area contributed by atoms with Crippen molar-refractivity contribution in [2.75, 3.05) is 46.2 Å². The smallest absolute Gasteiger partial charge is 0.224 e. The van der Waals surface area contributed by atoms with E-state index >= 15 is 0 Å². The molecular weight excluding hydrogens is 596 g/mol. The summed E-state index contributed by atoms with van der Waals surface area (Å²) < 4.78 is 38.5. The molecule has 4 aliphatic rings. The molecule has 0 spiro atoms. The standard InChI is InChI=1S/C23H40O20/c24-1-9-13(30)17(34)21(5-27,40-9)38-6-22(18(35)14(31)10(2-25)41-22)39-7-23(19(36)15(32)11(3-26)42-23)43-20-16(33)12(29)8(28)4-37-20/h8-20,24-36H,1-7H2/t8-,9-,10-,11-,12+,13-,14-,15-,16-,17+,18+,19+,20?,21?,22?,23?/m1/s1. The molecule has 0 amide bonds. The van der Waals surface area contributed by atoms with Gasteiger partial charge in [0.25, 0.3) is 0 Å². The predicted octanol–water partition coefficient (Wildman–Crippen LogP) is -9.10. The zero-order chi connectivity index (χ0) is 31.9. The van der Waals surface area contributed by atoms with Gasteiger partial charge in [-0.05, 0) is 0 Å². The topological polar surface area (TPSA) is 328 Å². The molecule has 43 heavy (non-hydrogen) atoms. The van der Waals surface area contributed by atoms with Crippen molar-refractivity contribution in [3.8, 4) is 0 Å². The molecule has 4 unspecified atom stereocenters. The van der Waals surface area contributed by atoms with Crippen LogP contribution in [0.25, 0.3) is 0 Å². The van der Waals surface area contributed by atoms with E-state index in [4.69, 9.17) is 33.2 Å². The van der Waals surface area contributed by atoms with Gasteiger partial charge in [-0.25, -0.2) is 0 Å². The van der Waals surface area contributed by atoms with Gasteiger partial charge in [-0.1, -0.05) is 0 Å². The maximum Gasteiger partial charge on any atom is 0.224 e. The summed E-state index contributed by atoms with van der Waals surface area (Å²) >= 11 is 0. The molecule has 0 aliphatic carbocycles. The fraction of sp³-hybridized carbons (Fsp3) is 1.00. The summed E-state index contributed by atoms with van der Waals surface area (Å²) in [5.74, 6) is -7.56. The van der Waals surface area contributed by atoms with E-state index in [9.17, 15) is 66.4 Å².